The van der Waals surface area contributed by atoms with E-state index in [2.05, 4.69) is 5.32 Å². The molecule has 1 aliphatic carbocycles. The molecule has 0 bridgehead atoms. The van der Waals surface area contributed by atoms with Gasteiger partial charge in [-0.05, 0) is 49.4 Å². The summed E-state index contributed by atoms with van der Waals surface area (Å²) in [6.07, 6.45) is 7.26. The average molecular weight is 534 g/mol. The summed E-state index contributed by atoms with van der Waals surface area (Å²) in [7, 11) is -3.78. The number of nitrogens with zero attached hydrogens (tertiary/aromatic N) is 2. The topological polar surface area (TPSA) is 86.8 Å². The van der Waals surface area contributed by atoms with Crippen LogP contribution in [0.25, 0.3) is 0 Å². The quantitative estimate of drug-likeness (QED) is 0.463. The Kier molecular flexibility index (Phi) is 10.2. The first-order chi connectivity index (χ1) is 17.2. The van der Waals surface area contributed by atoms with Gasteiger partial charge in [0.15, 0.2) is 0 Å². The van der Waals surface area contributed by atoms with E-state index in [-0.39, 0.29) is 11.9 Å². The van der Waals surface area contributed by atoms with Crippen molar-refractivity contribution in [3.05, 3.63) is 65.2 Å². The van der Waals surface area contributed by atoms with Gasteiger partial charge in [0, 0.05) is 17.6 Å². The molecule has 0 aliphatic heterocycles. The van der Waals surface area contributed by atoms with Crippen molar-refractivity contribution in [1.29, 1.82) is 0 Å². The summed E-state index contributed by atoms with van der Waals surface area (Å²) in [5.74, 6) is -0.610. The number of carbonyl (C=O) groups is 2. The van der Waals surface area contributed by atoms with E-state index in [4.69, 9.17) is 11.6 Å². The number of amides is 2. The Morgan fingerprint density at radius 1 is 1.06 bits per heavy atom. The summed E-state index contributed by atoms with van der Waals surface area (Å²) in [5, 5.41) is 3.51. The van der Waals surface area contributed by atoms with Crippen molar-refractivity contribution in [1.82, 2.24) is 10.2 Å². The van der Waals surface area contributed by atoms with Crippen molar-refractivity contribution in [3.63, 3.8) is 0 Å². The van der Waals surface area contributed by atoms with E-state index in [1.54, 1.807) is 18.2 Å². The van der Waals surface area contributed by atoms with E-state index in [0.717, 1.165) is 41.8 Å². The van der Waals surface area contributed by atoms with Gasteiger partial charge in [0.25, 0.3) is 0 Å². The van der Waals surface area contributed by atoms with Crippen LogP contribution in [-0.2, 0) is 26.0 Å². The fraction of sp³-hybridized carbons (Fsp3) is 0.481. The van der Waals surface area contributed by atoms with E-state index in [1.165, 1.54) is 17.4 Å². The maximum Gasteiger partial charge on any atom is 0.244 e. The zero-order valence-corrected chi connectivity index (χ0v) is 22.6. The maximum absolute atomic E-state index is 13.7. The molecule has 0 spiro atoms. The Morgan fingerprint density at radius 3 is 2.36 bits per heavy atom. The Labute approximate surface area is 219 Å². The van der Waals surface area contributed by atoms with E-state index in [9.17, 15) is 18.0 Å². The minimum Gasteiger partial charge on any atom is -0.352 e. The van der Waals surface area contributed by atoms with E-state index in [1.807, 2.05) is 37.3 Å². The largest absolute Gasteiger partial charge is 0.352 e. The number of hydrogen-bond donors (Lipinski definition) is 1. The third-order valence-corrected chi connectivity index (χ3v) is 7.97. The van der Waals surface area contributed by atoms with Gasteiger partial charge in [-0.1, -0.05) is 74.2 Å². The van der Waals surface area contributed by atoms with Gasteiger partial charge in [-0.2, -0.15) is 0 Å². The second-order valence-electron chi connectivity index (χ2n) is 9.34. The molecule has 3 rings (SSSR count). The number of nitrogens with one attached hydrogen (secondary N) is 1. The number of carbonyl (C=O) groups excluding carboxylic acids is 2. The van der Waals surface area contributed by atoms with Crippen LogP contribution in [0.1, 0.15) is 51.0 Å². The Morgan fingerprint density at radius 2 is 1.75 bits per heavy atom. The van der Waals surface area contributed by atoms with Gasteiger partial charge in [0.2, 0.25) is 21.8 Å². The molecule has 9 heteroatoms. The third-order valence-electron chi connectivity index (χ3n) is 6.60. The lowest BCUT2D eigenvalue weighted by Gasteiger charge is -2.34. The van der Waals surface area contributed by atoms with E-state index in [0.29, 0.717) is 30.1 Å². The molecule has 1 aliphatic rings. The Hall–Kier alpha value is -2.58. The van der Waals surface area contributed by atoms with Crippen LogP contribution >= 0.6 is 11.6 Å². The standard InChI is InChI=1S/C27H36ClN3O4S/c1-3-25(27(33)29-23-14-8-5-9-15-23)30(18-17-21-11-6-4-7-12-21)26(32)20-31(36(2,34)35)24-16-10-13-22(28)19-24/h4,6-7,10-13,16,19,23,25H,3,5,8-9,14-15,17-18,20H2,1-2H3,(H,29,33). The van der Waals surface area contributed by atoms with Crippen molar-refractivity contribution < 1.29 is 18.0 Å². The molecule has 1 unspecified atom stereocenters. The third kappa shape index (κ3) is 7.96. The van der Waals surface area contributed by atoms with Crippen molar-refractivity contribution in [2.24, 2.45) is 0 Å². The van der Waals surface area contributed by atoms with Gasteiger partial charge in [0.05, 0.1) is 11.9 Å². The normalized spacial score (nSPS) is 15.2. The van der Waals surface area contributed by atoms with Crippen LogP contribution in [0.5, 0.6) is 0 Å². The molecule has 0 saturated heterocycles. The Balaban J connectivity index is 1.85. The van der Waals surface area contributed by atoms with Gasteiger partial charge < -0.3 is 10.2 Å². The Bertz CT molecular complexity index is 1120. The molecule has 0 heterocycles. The molecule has 1 saturated carbocycles. The summed E-state index contributed by atoms with van der Waals surface area (Å²) in [4.78, 5) is 28.6. The summed E-state index contributed by atoms with van der Waals surface area (Å²) in [6, 6.07) is 15.5. The first kappa shape index (κ1) is 28.0. The van der Waals surface area contributed by atoms with Crippen LogP contribution in [0.3, 0.4) is 0 Å². The monoisotopic (exact) mass is 533 g/mol. The van der Waals surface area contributed by atoms with Crippen LogP contribution in [0.2, 0.25) is 5.02 Å². The fourth-order valence-electron chi connectivity index (χ4n) is 4.69. The number of hydrogen-bond acceptors (Lipinski definition) is 4. The fourth-order valence-corrected chi connectivity index (χ4v) is 5.71. The molecule has 1 N–H and O–H groups in total. The summed E-state index contributed by atoms with van der Waals surface area (Å²) in [6.45, 7) is 1.76. The predicted octanol–water partition coefficient (Wildman–Crippen LogP) is 4.40. The highest BCUT2D eigenvalue weighted by atomic mass is 35.5. The first-order valence-corrected chi connectivity index (χ1v) is 14.8. The van der Waals surface area contributed by atoms with Gasteiger partial charge in [-0.15, -0.1) is 0 Å². The van der Waals surface area contributed by atoms with Crippen LogP contribution in [0.15, 0.2) is 54.6 Å². The molecular formula is C27H36ClN3O4S. The van der Waals surface area contributed by atoms with Gasteiger partial charge in [-0.25, -0.2) is 8.42 Å². The summed E-state index contributed by atoms with van der Waals surface area (Å²) in [5.41, 5.74) is 1.34. The lowest BCUT2D eigenvalue weighted by atomic mass is 9.95. The molecule has 2 aromatic carbocycles. The van der Waals surface area contributed by atoms with Crippen LogP contribution in [0.4, 0.5) is 5.69 Å². The van der Waals surface area contributed by atoms with Crippen LogP contribution < -0.4 is 9.62 Å². The van der Waals surface area contributed by atoms with Gasteiger partial charge >= 0.3 is 0 Å². The second-order valence-corrected chi connectivity index (χ2v) is 11.7. The highest BCUT2D eigenvalue weighted by Gasteiger charge is 2.32. The van der Waals surface area contributed by atoms with Crippen LogP contribution in [-0.4, -0.2) is 56.6 Å². The van der Waals surface area contributed by atoms with Crippen molar-refractivity contribution >= 4 is 39.1 Å². The molecule has 0 aromatic heterocycles. The molecule has 0 radical (unpaired) electrons. The molecule has 1 fully saturated rings. The first-order valence-electron chi connectivity index (χ1n) is 12.6. The summed E-state index contributed by atoms with van der Waals surface area (Å²) < 4.78 is 26.3. The zero-order chi connectivity index (χ0) is 26.1. The molecule has 7 nitrogen and oxygen atoms in total. The minimum atomic E-state index is -3.78. The van der Waals surface area contributed by atoms with Crippen molar-refractivity contribution in [2.45, 2.75) is 64.0 Å². The van der Waals surface area contributed by atoms with Crippen LogP contribution in [0, 0.1) is 0 Å². The number of anilines is 1. The highest BCUT2D eigenvalue weighted by molar-refractivity contribution is 7.92. The smallest absolute Gasteiger partial charge is 0.244 e. The van der Waals surface area contributed by atoms with E-state index < -0.39 is 28.5 Å². The predicted molar refractivity (Wildman–Crippen MR) is 145 cm³/mol. The second kappa shape index (κ2) is 13.1. The molecule has 2 aromatic rings. The number of halogens is 1. The number of rotatable bonds is 11. The minimum absolute atomic E-state index is 0.116. The average Bonchev–Trinajstić information content (AvgIpc) is 2.85. The zero-order valence-electron chi connectivity index (χ0n) is 21.0. The molecule has 2 amide bonds. The summed E-state index contributed by atoms with van der Waals surface area (Å²) >= 11 is 6.09. The number of benzene rings is 2. The van der Waals surface area contributed by atoms with E-state index >= 15 is 0 Å². The SMILES string of the molecule is CCC(C(=O)NC1CCCCC1)N(CCc1ccccc1)C(=O)CN(c1cccc(Cl)c1)S(C)(=O)=O. The van der Waals surface area contributed by atoms with Crippen molar-refractivity contribution in [2.75, 3.05) is 23.7 Å². The lowest BCUT2D eigenvalue weighted by Crippen LogP contribution is -2.54. The molecule has 36 heavy (non-hydrogen) atoms. The van der Waals surface area contributed by atoms with Crippen molar-refractivity contribution in [3.8, 4) is 0 Å². The number of sulfonamides is 1. The van der Waals surface area contributed by atoms with Gasteiger partial charge in [-0.3, -0.25) is 13.9 Å². The molecular weight excluding hydrogens is 498 g/mol. The maximum atomic E-state index is 13.7. The lowest BCUT2D eigenvalue weighted by molar-refractivity contribution is -0.140. The highest BCUT2D eigenvalue weighted by Crippen LogP contribution is 2.23. The molecule has 1 atom stereocenters. The molecule has 196 valence electrons. The van der Waals surface area contributed by atoms with Gasteiger partial charge in [0.1, 0.15) is 12.6 Å².